The Morgan fingerprint density at radius 1 is 1.23 bits per heavy atom. The Morgan fingerprint density at radius 2 is 1.97 bits per heavy atom. The molecule has 1 atom stereocenters. The fourth-order valence-corrected chi connectivity index (χ4v) is 3.41. The molecule has 0 unspecified atom stereocenters. The molecule has 0 spiro atoms. The Kier molecular flexibility index (Phi) is 7.24. The zero-order valence-electron chi connectivity index (χ0n) is 17.0. The predicted molar refractivity (Wildman–Crippen MR) is 118 cm³/mol. The van der Waals surface area contributed by atoms with E-state index in [9.17, 15) is 4.79 Å². The number of nitrogens with zero attached hydrogens (tertiary/aromatic N) is 2. The number of carbonyl (C=O) groups excluding carboxylic acids is 1. The van der Waals surface area contributed by atoms with Crippen molar-refractivity contribution < 1.29 is 14.3 Å². The first-order valence-electron chi connectivity index (χ1n) is 9.48. The number of aromatic nitrogens is 2. The Morgan fingerprint density at radius 3 is 2.57 bits per heavy atom. The molecule has 8 heteroatoms. The highest BCUT2D eigenvalue weighted by molar-refractivity contribution is 6.32. The molecular formula is C22H23Cl2N3O3. The highest BCUT2D eigenvalue weighted by Gasteiger charge is 2.23. The van der Waals surface area contributed by atoms with Crippen molar-refractivity contribution in [3.05, 3.63) is 75.8 Å². The Labute approximate surface area is 185 Å². The van der Waals surface area contributed by atoms with Crippen LogP contribution in [0.15, 0.2) is 48.8 Å². The number of hydrogen-bond donors (Lipinski definition) is 1. The van der Waals surface area contributed by atoms with Crippen LogP contribution >= 0.6 is 23.2 Å². The van der Waals surface area contributed by atoms with E-state index in [1.54, 1.807) is 30.5 Å². The van der Waals surface area contributed by atoms with E-state index in [1.165, 1.54) is 7.11 Å². The van der Waals surface area contributed by atoms with Crippen LogP contribution in [0.4, 0.5) is 0 Å². The normalized spacial score (nSPS) is 11.8. The number of hydrogen-bond acceptors (Lipinski definition) is 4. The van der Waals surface area contributed by atoms with Gasteiger partial charge in [0.25, 0.3) is 5.91 Å². The Bertz CT molecular complexity index is 1020. The van der Waals surface area contributed by atoms with Gasteiger partial charge in [0.05, 0.1) is 18.7 Å². The summed E-state index contributed by atoms with van der Waals surface area (Å²) in [6.07, 6.45) is 4.34. The van der Waals surface area contributed by atoms with E-state index < -0.39 is 6.04 Å². The molecule has 6 nitrogen and oxygen atoms in total. The molecular weight excluding hydrogens is 425 g/mol. The van der Waals surface area contributed by atoms with Gasteiger partial charge in [0.15, 0.2) is 11.5 Å². The molecule has 1 aromatic heterocycles. The zero-order valence-corrected chi connectivity index (χ0v) is 18.5. The molecule has 30 heavy (non-hydrogen) atoms. The van der Waals surface area contributed by atoms with Gasteiger partial charge in [-0.1, -0.05) is 42.3 Å². The maximum absolute atomic E-state index is 13.1. The number of imidazole rings is 1. The average molecular weight is 448 g/mol. The Hall–Kier alpha value is -2.70. The van der Waals surface area contributed by atoms with Crippen LogP contribution in [-0.4, -0.2) is 29.2 Å². The zero-order chi connectivity index (χ0) is 21.7. The molecule has 1 heterocycles. The molecule has 0 fully saturated rings. The third kappa shape index (κ3) is 4.89. The third-order valence-electron chi connectivity index (χ3n) is 4.54. The summed E-state index contributed by atoms with van der Waals surface area (Å²) in [5.41, 5.74) is 1.21. The largest absolute Gasteiger partial charge is 0.493 e. The summed E-state index contributed by atoms with van der Waals surface area (Å²) in [6, 6.07) is 9.98. The lowest BCUT2D eigenvalue weighted by molar-refractivity contribution is 0.0940. The van der Waals surface area contributed by atoms with E-state index in [1.807, 2.05) is 36.9 Å². The first-order valence-corrected chi connectivity index (χ1v) is 10.2. The maximum Gasteiger partial charge on any atom is 0.252 e. The van der Waals surface area contributed by atoms with Crippen LogP contribution in [0.5, 0.6) is 11.5 Å². The van der Waals surface area contributed by atoms with E-state index in [0.717, 1.165) is 12.0 Å². The van der Waals surface area contributed by atoms with Gasteiger partial charge < -0.3 is 19.4 Å². The standard InChI is InChI=1S/C22H23Cl2N3O3/c1-4-11-30-20-17(24)12-15(13-18(20)29-3)22(28)26-19(21-25-9-10-27(21)2)14-5-7-16(23)8-6-14/h5-10,12-13,19H,4,11H2,1-3H3,(H,26,28)/t19-/m0/s1. The second-order valence-corrected chi connectivity index (χ2v) is 7.54. The number of amides is 1. The quantitative estimate of drug-likeness (QED) is 0.524. The SMILES string of the molecule is CCCOc1c(Cl)cc(C(=O)N[C@@H](c2ccc(Cl)cc2)c2nccn2C)cc1OC. The van der Waals surface area contributed by atoms with E-state index in [0.29, 0.717) is 39.5 Å². The van der Waals surface area contributed by atoms with Crippen molar-refractivity contribution >= 4 is 29.1 Å². The van der Waals surface area contributed by atoms with Gasteiger partial charge in [-0.05, 0) is 36.2 Å². The summed E-state index contributed by atoms with van der Waals surface area (Å²) in [5, 5.41) is 3.96. The lowest BCUT2D eigenvalue weighted by Crippen LogP contribution is -2.31. The number of rotatable bonds is 8. The number of ether oxygens (including phenoxy) is 2. The Balaban J connectivity index is 1.93. The average Bonchev–Trinajstić information content (AvgIpc) is 3.16. The van der Waals surface area contributed by atoms with Gasteiger partial charge in [-0.15, -0.1) is 0 Å². The van der Waals surface area contributed by atoms with Crippen LogP contribution in [0.3, 0.4) is 0 Å². The van der Waals surface area contributed by atoms with E-state index in [4.69, 9.17) is 32.7 Å². The maximum atomic E-state index is 13.1. The smallest absolute Gasteiger partial charge is 0.252 e. The number of benzene rings is 2. The molecule has 0 saturated carbocycles. The van der Waals surface area contributed by atoms with E-state index in [2.05, 4.69) is 10.3 Å². The molecule has 2 aromatic carbocycles. The summed E-state index contributed by atoms with van der Waals surface area (Å²) in [7, 11) is 3.38. The van der Waals surface area contributed by atoms with Gasteiger partial charge in [-0.2, -0.15) is 0 Å². The summed E-state index contributed by atoms with van der Waals surface area (Å²) < 4.78 is 12.9. The van der Waals surface area contributed by atoms with Gasteiger partial charge >= 0.3 is 0 Å². The van der Waals surface area contributed by atoms with Crippen LogP contribution < -0.4 is 14.8 Å². The van der Waals surface area contributed by atoms with Gasteiger partial charge in [-0.3, -0.25) is 4.79 Å². The van der Waals surface area contributed by atoms with Crippen molar-refractivity contribution in [3.63, 3.8) is 0 Å². The molecule has 0 saturated heterocycles. The fourth-order valence-electron chi connectivity index (χ4n) is 3.02. The second kappa shape index (κ2) is 9.87. The predicted octanol–water partition coefficient (Wildman–Crippen LogP) is 5.04. The van der Waals surface area contributed by atoms with Crippen molar-refractivity contribution in [2.45, 2.75) is 19.4 Å². The number of aryl methyl sites for hydroxylation is 1. The number of methoxy groups -OCH3 is 1. The van der Waals surface area contributed by atoms with Crippen LogP contribution in [0.1, 0.15) is 41.1 Å². The van der Waals surface area contributed by atoms with Crippen molar-refractivity contribution in [3.8, 4) is 11.5 Å². The van der Waals surface area contributed by atoms with Crippen molar-refractivity contribution in [1.29, 1.82) is 0 Å². The van der Waals surface area contributed by atoms with Crippen molar-refractivity contribution in [2.75, 3.05) is 13.7 Å². The molecule has 158 valence electrons. The molecule has 0 aliphatic heterocycles. The minimum atomic E-state index is -0.476. The molecule has 3 aromatic rings. The van der Waals surface area contributed by atoms with Crippen molar-refractivity contribution in [1.82, 2.24) is 14.9 Å². The van der Waals surface area contributed by atoms with Crippen LogP contribution in [-0.2, 0) is 7.05 Å². The van der Waals surface area contributed by atoms with Crippen LogP contribution in [0.2, 0.25) is 10.0 Å². The van der Waals surface area contributed by atoms with E-state index >= 15 is 0 Å². The minimum absolute atomic E-state index is 0.313. The topological polar surface area (TPSA) is 65.4 Å². The van der Waals surface area contributed by atoms with E-state index in [-0.39, 0.29) is 5.91 Å². The summed E-state index contributed by atoms with van der Waals surface area (Å²) in [4.78, 5) is 17.5. The third-order valence-corrected chi connectivity index (χ3v) is 5.07. The first kappa shape index (κ1) is 22.0. The molecule has 3 rings (SSSR count). The van der Waals surface area contributed by atoms with Gasteiger partial charge in [0.2, 0.25) is 0 Å². The molecule has 1 N–H and O–H groups in total. The molecule has 0 radical (unpaired) electrons. The number of carbonyl (C=O) groups is 1. The lowest BCUT2D eigenvalue weighted by atomic mass is 10.1. The molecule has 1 amide bonds. The van der Waals surface area contributed by atoms with Gasteiger partial charge in [-0.25, -0.2) is 4.98 Å². The molecule has 0 bridgehead atoms. The number of halogens is 2. The number of nitrogens with one attached hydrogen (secondary N) is 1. The van der Waals surface area contributed by atoms with Gasteiger partial charge in [0.1, 0.15) is 11.9 Å². The lowest BCUT2D eigenvalue weighted by Gasteiger charge is -2.20. The summed E-state index contributed by atoms with van der Waals surface area (Å²) >= 11 is 12.4. The minimum Gasteiger partial charge on any atom is -0.493 e. The van der Waals surface area contributed by atoms with Crippen LogP contribution in [0, 0.1) is 0 Å². The highest BCUT2D eigenvalue weighted by atomic mass is 35.5. The van der Waals surface area contributed by atoms with Crippen molar-refractivity contribution in [2.24, 2.45) is 7.05 Å². The molecule has 0 aliphatic carbocycles. The summed E-state index contributed by atoms with van der Waals surface area (Å²) in [6.45, 7) is 2.50. The summed E-state index contributed by atoms with van der Waals surface area (Å²) in [5.74, 6) is 1.20. The first-order chi connectivity index (χ1) is 14.4. The molecule has 0 aliphatic rings. The van der Waals surface area contributed by atoms with Crippen LogP contribution in [0.25, 0.3) is 0 Å². The second-order valence-electron chi connectivity index (χ2n) is 6.69. The van der Waals surface area contributed by atoms with Gasteiger partial charge in [0, 0.05) is 30.0 Å². The fraction of sp³-hybridized carbons (Fsp3) is 0.273. The monoisotopic (exact) mass is 447 g/mol. The highest BCUT2D eigenvalue weighted by Crippen LogP contribution is 2.36.